The van der Waals surface area contributed by atoms with E-state index >= 15 is 0 Å². The standard InChI is InChI=1S/C14H19N3O3/c1-15-13(18)17(2)14-16-9-8-12(20-14)10-19-11-6-4-3-5-7-11/h3-7,12H,8-10H2,1-2H3,(H,15,18). The van der Waals surface area contributed by atoms with Crippen LogP contribution in [0, 0.1) is 0 Å². The number of urea groups is 1. The molecule has 1 aliphatic rings. The van der Waals surface area contributed by atoms with Gasteiger partial charge in [-0.1, -0.05) is 18.2 Å². The second-order valence-electron chi connectivity index (χ2n) is 4.43. The highest BCUT2D eigenvalue weighted by Gasteiger charge is 2.23. The molecule has 1 aromatic rings. The fourth-order valence-corrected chi connectivity index (χ4v) is 1.81. The number of ether oxygens (including phenoxy) is 2. The molecule has 1 atom stereocenters. The van der Waals surface area contributed by atoms with Gasteiger partial charge in [0.2, 0.25) is 0 Å². The number of aliphatic imine (C=N–C) groups is 1. The maximum atomic E-state index is 11.5. The molecule has 0 radical (unpaired) electrons. The number of rotatable bonds is 3. The van der Waals surface area contributed by atoms with Crippen LogP contribution in [-0.4, -0.2) is 50.3 Å². The predicted octanol–water partition coefficient (Wildman–Crippen LogP) is 1.48. The van der Waals surface area contributed by atoms with Gasteiger partial charge in [-0.2, -0.15) is 0 Å². The van der Waals surface area contributed by atoms with Crippen molar-refractivity contribution < 1.29 is 14.3 Å². The third-order valence-corrected chi connectivity index (χ3v) is 2.95. The third-order valence-electron chi connectivity index (χ3n) is 2.95. The van der Waals surface area contributed by atoms with Gasteiger partial charge in [0, 0.05) is 27.1 Å². The molecule has 6 heteroatoms. The summed E-state index contributed by atoms with van der Waals surface area (Å²) in [5.74, 6) is 0.805. The molecule has 0 saturated carbocycles. The van der Waals surface area contributed by atoms with Crippen molar-refractivity contribution in [1.82, 2.24) is 10.2 Å². The fraction of sp³-hybridized carbons (Fsp3) is 0.429. The predicted molar refractivity (Wildman–Crippen MR) is 75.9 cm³/mol. The average molecular weight is 277 g/mol. The number of carbonyl (C=O) groups excluding carboxylic acids is 1. The Kier molecular flexibility index (Phi) is 4.81. The SMILES string of the molecule is CNC(=O)N(C)C1=NCCC(COc2ccccc2)O1. The first-order valence-corrected chi connectivity index (χ1v) is 6.55. The Hall–Kier alpha value is -2.24. The normalized spacial score (nSPS) is 17.7. The Morgan fingerprint density at radius 2 is 2.25 bits per heavy atom. The highest BCUT2D eigenvalue weighted by molar-refractivity contribution is 5.93. The van der Waals surface area contributed by atoms with Crippen LogP contribution in [0.25, 0.3) is 0 Å². The fourth-order valence-electron chi connectivity index (χ4n) is 1.81. The first-order chi connectivity index (χ1) is 9.70. The molecule has 1 aliphatic heterocycles. The molecule has 108 valence electrons. The number of benzene rings is 1. The molecule has 0 bridgehead atoms. The molecule has 2 amide bonds. The maximum Gasteiger partial charge on any atom is 0.324 e. The Morgan fingerprint density at radius 1 is 1.50 bits per heavy atom. The minimum Gasteiger partial charge on any atom is -0.490 e. The van der Waals surface area contributed by atoms with E-state index in [0.717, 1.165) is 12.2 Å². The summed E-state index contributed by atoms with van der Waals surface area (Å²) in [5.41, 5.74) is 0. The number of hydrogen-bond acceptors (Lipinski definition) is 4. The van der Waals surface area contributed by atoms with Gasteiger partial charge in [0.25, 0.3) is 6.02 Å². The van der Waals surface area contributed by atoms with Crippen molar-refractivity contribution in [2.75, 3.05) is 27.2 Å². The van der Waals surface area contributed by atoms with Crippen LogP contribution in [0.15, 0.2) is 35.3 Å². The number of hydrogen-bond donors (Lipinski definition) is 1. The van der Waals surface area contributed by atoms with Crippen LogP contribution in [0.3, 0.4) is 0 Å². The van der Waals surface area contributed by atoms with E-state index in [9.17, 15) is 4.79 Å². The van der Waals surface area contributed by atoms with Crippen LogP contribution in [-0.2, 0) is 4.74 Å². The van der Waals surface area contributed by atoms with E-state index in [0.29, 0.717) is 19.2 Å². The second-order valence-corrected chi connectivity index (χ2v) is 4.43. The van der Waals surface area contributed by atoms with Gasteiger partial charge >= 0.3 is 6.03 Å². The number of carbonyl (C=O) groups is 1. The maximum absolute atomic E-state index is 11.5. The Balaban J connectivity index is 1.87. The van der Waals surface area contributed by atoms with Crippen LogP contribution in [0.5, 0.6) is 5.75 Å². The molecule has 0 saturated heterocycles. The molecule has 1 N–H and O–H groups in total. The number of nitrogens with zero attached hydrogens (tertiary/aromatic N) is 2. The molecule has 0 aromatic heterocycles. The molecule has 6 nitrogen and oxygen atoms in total. The smallest absolute Gasteiger partial charge is 0.324 e. The van der Waals surface area contributed by atoms with Crippen LogP contribution in [0.2, 0.25) is 0 Å². The summed E-state index contributed by atoms with van der Waals surface area (Å²) in [5, 5.41) is 2.53. The summed E-state index contributed by atoms with van der Waals surface area (Å²) >= 11 is 0. The number of amides is 2. The van der Waals surface area contributed by atoms with Gasteiger partial charge in [-0.15, -0.1) is 0 Å². The van der Waals surface area contributed by atoms with E-state index in [2.05, 4.69) is 10.3 Å². The van der Waals surface area contributed by atoms with Gasteiger partial charge in [-0.3, -0.25) is 4.90 Å². The number of amidine groups is 1. The number of para-hydroxylation sites is 1. The summed E-state index contributed by atoms with van der Waals surface area (Å²) in [4.78, 5) is 17.1. The van der Waals surface area contributed by atoms with E-state index in [-0.39, 0.29) is 12.1 Å². The monoisotopic (exact) mass is 277 g/mol. The van der Waals surface area contributed by atoms with Crippen molar-refractivity contribution in [2.24, 2.45) is 4.99 Å². The Bertz CT molecular complexity index is 476. The van der Waals surface area contributed by atoms with Crippen LogP contribution < -0.4 is 10.1 Å². The molecule has 2 rings (SSSR count). The number of nitrogens with one attached hydrogen (secondary N) is 1. The lowest BCUT2D eigenvalue weighted by atomic mass is 10.2. The van der Waals surface area contributed by atoms with E-state index in [4.69, 9.17) is 9.47 Å². The molecular formula is C14H19N3O3. The van der Waals surface area contributed by atoms with Gasteiger partial charge in [0.1, 0.15) is 18.5 Å². The molecule has 1 aromatic carbocycles. The highest BCUT2D eigenvalue weighted by atomic mass is 16.5. The first-order valence-electron chi connectivity index (χ1n) is 6.55. The van der Waals surface area contributed by atoms with Gasteiger partial charge in [-0.25, -0.2) is 9.79 Å². The molecule has 1 heterocycles. The Labute approximate surface area is 118 Å². The quantitative estimate of drug-likeness (QED) is 0.910. The van der Waals surface area contributed by atoms with Gasteiger partial charge in [0.05, 0.1) is 0 Å². The summed E-state index contributed by atoms with van der Waals surface area (Å²) in [7, 11) is 3.19. The van der Waals surface area contributed by atoms with Crippen LogP contribution in [0.4, 0.5) is 4.79 Å². The second kappa shape index (κ2) is 6.79. The van der Waals surface area contributed by atoms with Crippen LogP contribution in [0.1, 0.15) is 6.42 Å². The molecule has 0 fully saturated rings. The van der Waals surface area contributed by atoms with E-state index in [1.807, 2.05) is 30.3 Å². The zero-order chi connectivity index (χ0) is 14.4. The lowest BCUT2D eigenvalue weighted by molar-refractivity contribution is 0.0866. The van der Waals surface area contributed by atoms with Crippen molar-refractivity contribution in [1.29, 1.82) is 0 Å². The summed E-state index contributed by atoms with van der Waals surface area (Å²) < 4.78 is 11.3. The minimum absolute atomic E-state index is 0.102. The topological polar surface area (TPSA) is 63.2 Å². The lowest BCUT2D eigenvalue weighted by Gasteiger charge is -2.27. The van der Waals surface area contributed by atoms with Crippen molar-refractivity contribution in [3.8, 4) is 5.75 Å². The lowest BCUT2D eigenvalue weighted by Crippen LogP contribution is -2.44. The summed E-state index contributed by atoms with van der Waals surface area (Å²) in [6.45, 7) is 1.06. The highest BCUT2D eigenvalue weighted by Crippen LogP contribution is 2.13. The van der Waals surface area contributed by atoms with Crippen molar-refractivity contribution in [3.63, 3.8) is 0 Å². The summed E-state index contributed by atoms with van der Waals surface area (Å²) in [6.07, 6.45) is 0.674. The zero-order valence-electron chi connectivity index (χ0n) is 11.7. The third kappa shape index (κ3) is 3.63. The van der Waals surface area contributed by atoms with Gasteiger partial charge < -0.3 is 14.8 Å². The molecule has 0 spiro atoms. The van der Waals surface area contributed by atoms with Gasteiger partial charge in [0.15, 0.2) is 0 Å². The average Bonchev–Trinajstić information content (AvgIpc) is 2.52. The molecule has 0 aliphatic carbocycles. The van der Waals surface area contributed by atoms with Crippen LogP contribution >= 0.6 is 0 Å². The largest absolute Gasteiger partial charge is 0.490 e. The molecular weight excluding hydrogens is 258 g/mol. The Morgan fingerprint density at radius 3 is 2.95 bits per heavy atom. The van der Waals surface area contributed by atoms with E-state index < -0.39 is 0 Å². The van der Waals surface area contributed by atoms with E-state index in [1.54, 1.807) is 14.1 Å². The van der Waals surface area contributed by atoms with Crippen molar-refractivity contribution >= 4 is 12.1 Å². The zero-order valence-corrected chi connectivity index (χ0v) is 11.7. The minimum atomic E-state index is -0.256. The van der Waals surface area contributed by atoms with Crippen molar-refractivity contribution in [3.05, 3.63) is 30.3 Å². The van der Waals surface area contributed by atoms with Crippen molar-refractivity contribution in [2.45, 2.75) is 12.5 Å². The summed E-state index contributed by atoms with van der Waals surface area (Å²) in [6, 6.07) is 9.65. The first kappa shape index (κ1) is 14.2. The molecule has 1 unspecified atom stereocenters. The van der Waals surface area contributed by atoms with Gasteiger partial charge in [-0.05, 0) is 12.1 Å². The molecule has 20 heavy (non-hydrogen) atoms. The van der Waals surface area contributed by atoms with E-state index in [1.165, 1.54) is 4.90 Å².